The first-order valence-corrected chi connectivity index (χ1v) is 3.81. The van der Waals surface area contributed by atoms with Crippen molar-refractivity contribution in [3.63, 3.8) is 0 Å². The number of hydrogen-bond donors (Lipinski definition) is 1. The van der Waals surface area contributed by atoms with Crippen LogP contribution in [0, 0.1) is 0 Å². The molecule has 54 valence electrons. The van der Waals surface area contributed by atoms with E-state index in [2.05, 4.69) is 0 Å². The minimum absolute atomic E-state index is 0. The van der Waals surface area contributed by atoms with Crippen LogP contribution in [0.3, 0.4) is 0 Å². The van der Waals surface area contributed by atoms with E-state index in [4.69, 9.17) is 5.11 Å². The average molecular weight is 156 g/mol. The zero-order valence-electron chi connectivity index (χ0n) is 6.00. The molecule has 0 aromatic rings. The zero-order chi connectivity index (χ0) is 7.11. The van der Waals surface area contributed by atoms with E-state index in [-0.39, 0.29) is 31.2 Å². The first-order chi connectivity index (χ1) is 4.27. The van der Waals surface area contributed by atoms with Gasteiger partial charge in [-0.3, -0.25) is 0 Å². The number of carboxylic acid groups (broad SMARTS) is 1. The van der Waals surface area contributed by atoms with E-state index in [9.17, 15) is 9.90 Å². The summed E-state index contributed by atoms with van der Waals surface area (Å²) >= 11 is 1.26. The number of thioether (sulfide) groups is 1. The van der Waals surface area contributed by atoms with Crippen LogP contribution in [0.15, 0.2) is 0 Å². The van der Waals surface area contributed by atoms with Crippen LogP contribution in [0.1, 0.15) is 6.42 Å². The topological polar surface area (TPSA) is 60.4 Å². The molecule has 0 fully saturated rings. The van der Waals surface area contributed by atoms with Gasteiger partial charge in [0.1, 0.15) is 0 Å². The molecule has 5 heteroatoms. The molecule has 0 aliphatic heterocycles. The van der Waals surface area contributed by atoms with Crippen molar-refractivity contribution in [2.24, 2.45) is 0 Å². The third-order valence-corrected chi connectivity index (χ3v) is 1.68. The quantitative estimate of drug-likeness (QED) is 0.324. The van der Waals surface area contributed by atoms with E-state index >= 15 is 0 Å². The number of carbonyl (C=O) groups excluding carboxylic acids is 1. The summed E-state index contributed by atoms with van der Waals surface area (Å²) in [5, 5.41) is 18.0. The van der Waals surface area contributed by atoms with Gasteiger partial charge in [0.25, 0.3) is 0 Å². The fraction of sp³-hybridized carbons (Fsp3) is 0.800. The van der Waals surface area contributed by atoms with Crippen LogP contribution in [0.25, 0.3) is 0 Å². The minimum Gasteiger partial charge on any atom is -0.549 e. The summed E-state index contributed by atoms with van der Waals surface area (Å²) in [6.07, 6.45) is 0.651. The largest absolute Gasteiger partial charge is 1.00 e. The molecule has 0 aliphatic rings. The van der Waals surface area contributed by atoms with Gasteiger partial charge in [-0.25, -0.2) is 0 Å². The number of rotatable bonds is 5. The van der Waals surface area contributed by atoms with Crippen LogP contribution in [-0.4, -0.2) is 29.2 Å². The van der Waals surface area contributed by atoms with Crippen LogP contribution in [0.5, 0.6) is 0 Å². The summed E-state index contributed by atoms with van der Waals surface area (Å²) < 4.78 is 0. The molecule has 0 heterocycles. The first-order valence-electron chi connectivity index (χ1n) is 2.66. The van der Waals surface area contributed by atoms with Crippen molar-refractivity contribution in [3.05, 3.63) is 0 Å². The Kier molecular flexibility index (Phi) is 12.2. The molecule has 0 atom stereocenters. The van der Waals surface area contributed by atoms with Gasteiger partial charge in [0.15, 0.2) is 0 Å². The van der Waals surface area contributed by atoms with Gasteiger partial charge >= 0.3 is 18.9 Å². The van der Waals surface area contributed by atoms with Gasteiger partial charge in [-0.2, -0.15) is 11.8 Å². The Morgan fingerprint density at radius 3 is 2.60 bits per heavy atom. The summed E-state index contributed by atoms with van der Waals surface area (Å²) in [6, 6.07) is 0. The van der Waals surface area contributed by atoms with Crippen LogP contribution in [0.4, 0.5) is 0 Å². The SMILES string of the molecule is O=C([O-])CSCCCO.[Li+]. The van der Waals surface area contributed by atoms with Crippen molar-refractivity contribution in [2.75, 3.05) is 18.1 Å². The predicted molar refractivity (Wildman–Crippen MR) is 34.0 cm³/mol. The van der Waals surface area contributed by atoms with E-state index in [1.54, 1.807) is 0 Å². The number of carbonyl (C=O) groups is 1. The maximum absolute atomic E-state index is 9.77. The molecule has 0 aliphatic carbocycles. The fourth-order valence-corrected chi connectivity index (χ4v) is 0.966. The Hall–Kier alpha value is 0.377. The molecule has 0 saturated heterocycles. The summed E-state index contributed by atoms with van der Waals surface area (Å²) in [5.41, 5.74) is 0. The van der Waals surface area contributed by atoms with Gasteiger partial charge < -0.3 is 15.0 Å². The molecule has 0 radical (unpaired) electrons. The van der Waals surface area contributed by atoms with Crippen molar-refractivity contribution in [3.8, 4) is 0 Å². The molecule has 0 spiro atoms. The van der Waals surface area contributed by atoms with E-state index < -0.39 is 5.97 Å². The molecule has 0 aromatic carbocycles. The van der Waals surface area contributed by atoms with Crippen molar-refractivity contribution in [1.29, 1.82) is 0 Å². The summed E-state index contributed by atoms with van der Waals surface area (Å²) in [4.78, 5) is 9.77. The molecule has 0 rings (SSSR count). The molecule has 0 saturated carbocycles. The summed E-state index contributed by atoms with van der Waals surface area (Å²) in [7, 11) is 0. The molecule has 0 unspecified atom stereocenters. The molecular weight excluding hydrogens is 147 g/mol. The molecule has 3 nitrogen and oxygen atoms in total. The molecule has 0 aromatic heterocycles. The fourth-order valence-electron chi connectivity index (χ4n) is 0.322. The summed E-state index contributed by atoms with van der Waals surface area (Å²) in [5.74, 6) is -0.331. The Balaban J connectivity index is 0. The monoisotopic (exact) mass is 156 g/mol. The van der Waals surface area contributed by atoms with E-state index in [0.717, 1.165) is 0 Å². The van der Waals surface area contributed by atoms with Crippen LogP contribution >= 0.6 is 11.8 Å². The Bertz CT molecular complexity index is 89.0. The van der Waals surface area contributed by atoms with E-state index in [1.165, 1.54) is 11.8 Å². The van der Waals surface area contributed by atoms with Crippen LogP contribution < -0.4 is 24.0 Å². The number of aliphatic hydroxyl groups is 1. The summed E-state index contributed by atoms with van der Waals surface area (Å²) in [6.45, 7) is 0.125. The molecular formula is C5H9LiO3S. The van der Waals surface area contributed by atoms with E-state index in [0.29, 0.717) is 12.2 Å². The van der Waals surface area contributed by atoms with E-state index in [1.807, 2.05) is 0 Å². The second-order valence-electron chi connectivity index (χ2n) is 1.50. The zero-order valence-corrected chi connectivity index (χ0v) is 6.82. The average Bonchev–Trinajstić information content (AvgIpc) is 1.80. The number of hydrogen-bond acceptors (Lipinski definition) is 4. The second-order valence-corrected chi connectivity index (χ2v) is 2.61. The van der Waals surface area contributed by atoms with Crippen molar-refractivity contribution in [1.82, 2.24) is 0 Å². The van der Waals surface area contributed by atoms with Gasteiger partial charge in [-0.15, -0.1) is 0 Å². The number of aliphatic carboxylic acids is 1. The predicted octanol–water partition coefficient (Wildman–Crippen LogP) is -4.14. The minimum atomic E-state index is -1.04. The maximum atomic E-state index is 9.77. The Morgan fingerprint density at radius 2 is 2.20 bits per heavy atom. The molecule has 1 N–H and O–H groups in total. The van der Waals surface area contributed by atoms with Crippen molar-refractivity contribution >= 4 is 17.7 Å². The van der Waals surface area contributed by atoms with Crippen LogP contribution in [-0.2, 0) is 4.79 Å². The third kappa shape index (κ3) is 11.2. The van der Waals surface area contributed by atoms with Crippen molar-refractivity contribution < 1.29 is 33.9 Å². The Morgan fingerprint density at radius 1 is 1.60 bits per heavy atom. The van der Waals surface area contributed by atoms with Gasteiger partial charge in [0.2, 0.25) is 0 Å². The van der Waals surface area contributed by atoms with Gasteiger partial charge in [0.05, 0.1) is 5.97 Å². The first kappa shape index (κ1) is 13.0. The van der Waals surface area contributed by atoms with Gasteiger partial charge in [-0.05, 0) is 12.2 Å². The number of carboxylic acids is 1. The number of aliphatic hydroxyl groups excluding tert-OH is 1. The molecule has 0 amide bonds. The molecule has 10 heavy (non-hydrogen) atoms. The van der Waals surface area contributed by atoms with Gasteiger partial charge in [0, 0.05) is 12.4 Å². The smallest absolute Gasteiger partial charge is 0.549 e. The van der Waals surface area contributed by atoms with Crippen molar-refractivity contribution in [2.45, 2.75) is 6.42 Å². The second kappa shape index (κ2) is 9.38. The van der Waals surface area contributed by atoms with Gasteiger partial charge in [-0.1, -0.05) is 0 Å². The maximum Gasteiger partial charge on any atom is 1.00 e. The standard InChI is InChI=1S/C5H10O3S.Li/c6-2-1-3-9-4-5(7)8;/h6H,1-4H2,(H,7,8);/q;+1/p-1. The Labute approximate surface area is 76.4 Å². The third-order valence-electron chi connectivity index (χ3n) is 0.667. The molecule has 0 bridgehead atoms. The normalized spacial score (nSPS) is 8.50. The van der Waals surface area contributed by atoms with Crippen LogP contribution in [0.2, 0.25) is 0 Å².